The highest BCUT2D eigenvalue weighted by molar-refractivity contribution is 5.90. The maximum atomic E-state index is 5.42. The number of nitrogens with one attached hydrogen (secondary N) is 1. The fourth-order valence-corrected chi connectivity index (χ4v) is 2.86. The Bertz CT molecular complexity index is 927. The summed E-state index contributed by atoms with van der Waals surface area (Å²) in [6, 6.07) is 7.56. The predicted octanol–water partition coefficient (Wildman–Crippen LogP) is 3.79. The molecule has 0 fully saturated rings. The van der Waals surface area contributed by atoms with Crippen molar-refractivity contribution in [2.45, 2.75) is 19.9 Å². The molecule has 0 spiro atoms. The number of hydrogen-bond donors (Lipinski definition) is 1. The van der Waals surface area contributed by atoms with Crippen molar-refractivity contribution in [1.82, 2.24) is 14.8 Å². The Balaban J connectivity index is 2.09. The number of fused-ring (bicyclic) bond motifs is 1. The molecule has 2 heterocycles. The Morgan fingerprint density at radius 1 is 0.926 bits per heavy atom. The normalized spacial score (nSPS) is 10.9. The van der Waals surface area contributed by atoms with E-state index in [1.165, 1.54) is 0 Å². The van der Waals surface area contributed by atoms with Crippen LogP contribution in [-0.2, 0) is 0 Å². The summed E-state index contributed by atoms with van der Waals surface area (Å²) in [5, 5.41) is 8.91. The Kier molecular flexibility index (Phi) is 5.25. The Morgan fingerprint density at radius 2 is 1.59 bits per heavy atom. The third-order valence-corrected chi connectivity index (χ3v) is 4.16. The molecule has 0 amide bonds. The summed E-state index contributed by atoms with van der Waals surface area (Å²) >= 11 is 0. The first-order valence-electron chi connectivity index (χ1n) is 8.52. The van der Waals surface area contributed by atoms with Gasteiger partial charge >= 0.3 is 0 Å². The fraction of sp³-hybridized carbons (Fsp3) is 0.368. The average molecular weight is 372 g/mol. The van der Waals surface area contributed by atoms with Crippen molar-refractivity contribution in [3.63, 3.8) is 0 Å². The molecule has 8 heteroatoms. The maximum absolute atomic E-state index is 5.42. The van der Waals surface area contributed by atoms with Gasteiger partial charge in [-0.1, -0.05) is 0 Å². The van der Waals surface area contributed by atoms with Gasteiger partial charge in [0.25, 0.3) is 0 Å². The number of aromatic nitrogens is 3. The summed E-state index contributed by atoms with van der Waals surface area (Å²) in [6.07, 6.45) is 0. The van der Waals surface area contributed by atoms with E-state index < -0.39 is 0 Å². The molecule has 0 atom stereocenters. The van der Waals surface area contributed by atoms with Crippen LogP contribution in [0.2, 0.25) is 0 Å². The van der Waals surface area contributed by atoms with Gasteiger partial charge in [-0.2, -0.15) is 10.1 Å². The first kappa shape index (κ1) is 18.6. The smallest absolute Gasteiger partial charge is 0.214 e. The van der Waals surface area contributed by atoms with E-state index in [1.807, 2.05) is 28.9 Å². The van der Waals surface area contributed by atoms with Crippen LogP contribution in [-0.4, -0.2) is 43.2 Å². The van der Waals surface area contributed by atoms with E-state index in [0.29, 0.717) is 28.9 Å². The largest absolute Gasteiger partial charge is 0.493 e. The summed E-state index contributed by atoms with van der Waals surface area (Å²) in [6.45, 7) is 4.10. The van der Waals surface area contributed by atoms with Crippen molar-refractivity contribution >= 4 is 22.5 Å². The van der Waals surface area contributed by atoms with Gasteiger partial charge in [0, 0.05) is 29.9 Å². The summed E-state index contributed by atoms with van der Waals surface area (Å²) in [5.74, 6) is 2.89. The molecule has 0 aliphatic rings. The van der Waals surface area contributed by atoms with Crippen molar-refractivity contribution in [1.29, 1.82) is 0 Å². The van der Waals surface area contributed by atoms with Crippen molar-refractivity contribution < 1.29 is 18.9 Å². The molecule has 0 saturated carbocycles. The number of benzene rings is 1. The molecule has 1 aromatic carbocycles. The van der Waals surface area contributed by atoms with Crippen LogP contribution in [0.15, 0.2) is 24.3 Å². The maximum Gasteiger partial charge on any atom is 0.214 e. The lowest BCUT2D eigenvalue weighted by molar-refractivity contribution is 0.324. The van der Waals surface area contributed by atoms with Gasteiger partial charge in [0.05, 0.1) is 33.8 Å². The molecular weight excluding hydrogens is 348 g/mol. The lowest BCUT2D eigenvalue weighted by Gasteiger charge is -2.14. The molecule has 27 heavy (non-hydrogen) atoms. The van der Waals surface area contributed by atoms with Crippen molar-refractivity contribution in [3.05, 3.63) is 24.3 Å². The Hall–Kier alpha value is -3.16. The van der Waals surface area contributed by atoms with Crippen molar-refractivity contribution in [2.75, 3.05) is 33.8 Å². The van der Waals surface area contributed by atoms with Crippen LogP contribution >= 0.6 is 0 Å². The molecule has 1 N–H and O–H groups in total. The molecule has 8 nitrogen and oxygen atoms in total. The van der Waals surface area contributed by atoms with Gasteiger partial charge in [-0.3, -0.25) is 0 Å². The molecule has 3 rings (SSSR count). The van der Waals surface area contributed by atoms with Gasteiger partial charge in [-0.25, -0.2) is 4.68 Å². The van der Waals surface area contributed by atoms with E-state index in [4.69, 9.17) is 18.9 Å². The minimum Gasteiger partial charge on any atom is -0.493 e. The zero-order valence-electron chi connectivity index (χ0n) is 16.4. The number of hydrogen-bond acceptors (Lipinski definition) is 7. The third-order valence-electron chi connectivity index (χ3n) is 4.16. The first-order valence-corrected chi connectivity index (χ1v) is 8.52. The van der Waals surface area contributed by atoms with Gasteiger partial charge in [-0.05, 0) is 19.9 Å². The van der Waals surface area contributed by atoms with Crippen LogP contribution < -0.4 is 24.3 Å². The molecule has 0 aliphatic carbocycles. The molecule has 0 radical (unpaired) electrons. The molecule has 2 aromatic heterocycles. The zero-order chi connectivity index (χ0) is 19.6. The molecule has 3 aromatic rings. The third kappa shape index (κ3) is 3.42. The monoisotopic (exact) mass is 372 g/mol. The SMILES string of the molecule is COc1ccc2c(Nc3cc(OC)c(OC)c(OC)c3)nn(C(C)C)c2n1. The Morgan fingerprint density at radius 3 is 2.11 bits per heavy atom. The number of pyridine rings is 1. The van der Waals surface area contributed by atoms with Gasteiger partial charge in [0.1, 0.15) is 0 Å². The lowest BCUT2D eigenvalue weighted by atomic mass is 10.2. The Labute approximate surface area is 158 Å². The van der Waals surface area contributed by atoms with Gasteiger partial charge in [-0.15, -0.1) is 0 Å². The lowest BCUT2D eigenvalue weighted by Crippen LogP contribution is -2.04. The highest BCUT2D eigenvalue weighted by atomic mass is 16.5. The van der Waals surface area contributed by atoms with E-state index in [1.54, 1.807) is 28.4 Å². The molecule has 144 valence electrons. The van der Waals surface area contributed by atoms with E-state index in [0.717, 1.165) is 16.7 Å². The molecule has 0 saturated heterocycles. The summed E-state index contributed by atoms with van der Waals surface area (Å²) in [7, 11) is 6.34. The van der Waals surface area contributed by atoms with E-state index in [2.05, 4.69) is 29.2 Å². The fourth-order valence-electron chi connectivity index (χ4n) is 2.86. The van der Waals surface area contributed by atoms with Gasteiger partial charge < -0.3 is 24.3 Å². The second-order valence-electron chi connectivity index (χ2n) is 6.15. The number of rotatable bonds is 7. The van der Waals surface area contributed by atoms with E-state index >= 15 is 0 Å². The summed E-state index contributed by atoms with van der Waals surface area (Å²) in [5.41, 5.74) is 1.51. The van der Waals surface area contributed by atoms with Crippen LogP contribution in [0.3, 0.4) is 0 Å². The van der Waals surface area contributed by atoms with Gasteiger partial charge in [0.15, 0.2) is 23.0 Å². The highest BCUT2D eigenvalue weighted by Crippen LogP contribution is 2.41. The summed E-state index contributed by atoms with van der Waals surface area (Å²) < 4.78 is 23.3. The van der Waals surface area contributed by atoms with E-state index in [-0.39, 0.29) is 6.04 Å². The first-order chi connectivity index (χ1) is 13.0. The quantitative estimate of drug-likeness (QED) is 0.676. The number of methoxy groups -OCH3 is 4. The zero-order valence-corrected chi connectivity index (χ0v) is 16.4. The standard InChI is InChI=1S/C19H24N4O4/c1-11(2)23-19-13(7-8-16(21-19)26-5)18(22-23)20-12-9-14(24-3)17(27-6)15(10-12)25-4/h7-11H,1-6H3,(H,20,22). The minimum atomic E-state index is 0.141. The molecular formula is C19H24N4O4. The van der Waals surface area contributed by atoms with E-state index in [9.17, 15) is 0 Å². The minimum absolute atomic E-state index is 0.141. The molecule has 0 bridgehead atoms. The van der Waals surface area contributed by atoms with Crippen molar-refractivity contribution in [3.8, 4) is 23.1 Å². The highest BCUT2D eigenvalue weighted by Gasteiger charge is 2.18. The second kappa shape index (κ2) is 7.61. The number of nitrogens with zero attached hydrogens (tertiary/aromatic N) is 3. The van der Waals surface area contributed by atoms with Gasteiger partial charge in [0.2, 0.25) is 11.6 Å². The average Bonchev–Trinajstić information content (AvgIpc) is 3.04. The van der Waals surface area contributed by atoms with Crippen LogP contribution in [0.4, 0.5) is 11.5 Å². The molecule has 0 unspecified atom stereocenters. The van der Waals surface area contributed by atoms with Crippen LogP contribution in [0.1, 0.15) is 19.9 Å². The molecule has 0 aliphatic heterocycles. The van der Waals surface area contributed by atoms with Crippen LogP contribution in [0.5, 0.6) is 23.1 Å². The number of anilines is 2. The number of ether oxygens (including phenoxy) is 4. The second-order valence-corrected chi connectivity index (χ2v) is 6.15. The van der Waals surface area contributed by atoms with Crippen molar-refractivity contribution in [2.24, 2.45) is 0 Å². The predicted molar refractivity (Wildman–Crippen MR) is 104 cm³/mol. The van der Waals surface area contributed by atoms with Crippen LogP contribution in [0.25, 0.3) is 11.0 Å². The topological polar surface area (TPSA) is 79.7 Å². The summed E-state index contributed by atoms with van der Waals surface area (Å²) in [4.78, 5) is 4.54. The van der Waals surface area contributed by atoms with Crippen LogP contribution in [0, 0.1) is 0 Å².